The SMILES string of the molecule is O=C(O)c1ccc2nc(CCN3CCCCC3)cn2c1. The number of hydrogen-bond acceptors (Lipinski definition) is 3. The Morgan fingerprint density at radius 3 is 2.75 bits per heavy atom. The van der Waals surface area contributed by atoms with Gasteiger partial charge in [-0.15, -0.1) is 0 Å². The fraction of sp³-hybridized carbons (Fsp3) is 0.467. The Balaban J connectivity index is 1.70. The summed E-state index contributed by atoms with van der Waals surface area (Å²) in [6, 6.07) is 3.35. The highest BCUT2D eigenvalue weighted by atomic mass is 16.4. The van der Waals surface area contributed by atoms with Gasteiger partial charge < -0.3 is 14.4 Å². The molecule has 5 heteroatoms. The van der Waals surface area contributed by atoms with Crippen LogP contribution in [0.2, 0.25) is 0 Å². The minimum absolute atomic E-state index is 0.289. The van der Waals surface area contributed by atoms with Gasteiger partial charge in [0, 0.05) is 25.4 Å². The van der Waals surface area contributed by atoms with Crippen LogP contribution < -0.4 is 0 Å². The van der Waals surface area contributed by atoms with E-state index in [1.165, 1.54) is 32.4 Å². The Hall–Kier alpha value is -1.88. The Labute approximate surface area is 117 Å². The zero-order valence-corrected chi connectivity index (χ0v) is 11.5. The second-order valence-electron chi connectivity index (χ2n) is 5.37. The zero-order valence-electron chi connectivity index (χ0n) is 11.5. The van der Waals surface area contributed by atoms with Crippen LogP contribution in [-0.4, -0.2) is 45.0 Å². The fourth-order valence-electron chi connectivity index (χ4n) is 2.75. The average molecular weight is 273 g/mol. The summed E-state index contributed by atoms with van der Waals surface area (Å²) in [6.45, 7) is 3.42. The number of likely N-dealkylation sites (tertiary alicyclic amines) is 1. The highest BCUT2D eigenvalue weighted by molar-refractivity contribution is 5.87. The van der Waals surface area contributed by atoms with Crippen molar-refractivity contribution in [2.75, 3.05) is 19.6 Å². The molecule has 0 saturated carbocycles. The molecule has 0 aromatic carbocycles. The average Bonchev–Trinajstić information content (AvgIpc) is 2.88. The molecule has 1 N–H and O–H groups in total. The van der Waals surface area contributed by atoms with Crippen molar-refractivity contribution in [1.29, 1.82) is 0 Å². The van der Waals surface area contributed by atoms with Gasteiger partial charge in [0.2, 0.25) is 0 Å². The third-order valence-electron chi connectivity index (χ3n) is 3.88. The second kappa shape index (κ2) is 5.63. The summed E-state index contributed by atoms with van der Waals surface area (Å²) >= 11 is 0. The van der Waals surface area contributed by atoms with Gasteiger partial charge in [-0.3, -0.25) is 0 Å². The number of carboxylic acids is 1. The summed E-state index contributed by atoms with van der Waals surface area (Å²) in [4.78, 5) is 18.0. The van der Waals surface area contributed by atoms with Crippen LogP contribution in [0.5, 0.6) is 0 Å². The maximum absolute atomic E-state index is 10.9. The van der Waals surface area contributed by atoms with E-state index in [4.69, 9.17) is 5.11 Å². The number of pyridine rings is 1. The van der Waals surface area contributed by atoms with Crippen LogP contribution in [-0.2, 0) is 6.42 Å². The third-order valence-corrected chi connectivity index (χ3v) is 3.88. The van der Waals surface area contributed by atoms with Crippen LogP contribution in [0.3, 0.4) is 0 Å². The maximum Gasteiger partial charge on any atom is 0.337 e. The first-order chi connectivity index (χ1) is 9.72. The second-order valence-corrected chi connectivity index (χ2v) is 5.37. The van der Waals surface area contributed by atoms with Crippen molar-refractivity contribution >= 4 is 11.6 Å². The normalized spacial score (nSPS) is 16.6. The van der Waals surface area contributed by atoms with Crippen LogP contribution in [0.4, 0.5) is 0 Å². The van der Waals surface area contributed by atoms with Crippen LogP contribution in [0.15, 0.2) is 24.5 Å². The van der Waals surface area contributed by atoms with Crippen molar-refractivity contribution < 1.29 is 9.90 Å². The van der Waals surface area contributed by atoms with E-state index in [2.05, 4.69) is 9.88 Å². The van der Waals surface area contributed by atoms with Gasteiger partial charge in [0.05, 0.1) is 11.3 Å². The molecule has 0 unspecified atom stereocenters. The van der Waals surface area contributed by atoms with Gasteiger partial charge >= 0.3 is 5.97 Å². The van der Waals surface area contributed by atoms with Crippen molar-refractivity contribution in [3.05, 3.63) is 35.8 Å². The van der Waals surface area contributed by atoms with Gasteiger partial charge in [-0.25, -0.2) is 9.78 Å². The number of piperidine rings is 1. The van der Waals surface area contributed by atoms with E-state index in [1.807, 2.05) is 6.20 Å². The summed E-state index contributed by atoms with van der Waals surface area (Å²) in [7, 11) is 0. The monoisotopic (exact) mass is 273 g/mol. The first-order valence-electron chi connectivity index (χ1n) is 7.16. The lowest BCUT2D eigenvalue weighted by atomic mass is 10.1. The van der Waals surface area contributed by atoms with Crippen LogP contribution in [0.1, 0.15) is 35.3 Å². The lowest BCUT2D eigenvalue weighted by Gasteiger charge is -2.25. The van der Waals surface area contributed by atoms with Crippen molar-refractivity contribution in [2.45, 2.75) is 25.7 Å². The molecule has 3 heterocycles. The molecular formula is C15H19N3O2. The van der Waals surface area contributed by atoms with Crippen molar-refractivity contribution in [3.8, 4) is 0 Å². The number of fused-ring (bicyclic) bond motifs is 1. The highest BCUT2D eigenvalue weighted by Crippen LogP contribution is 2.12. The predicted molar refractivity (Wildman–Crippen MR) is 76.1 cm³/mol. The molecular weight excluding hydrogens is 254 g/mol. The Kier molecular flexibility index (Phi) is 3.69. The van der Waals surface area contributed by atoms with Crippen molar-refractivity contribution in [3.63, 3.8) is 0 Å². The zero-order chi connectivity index (χ0) is 13.9. The minimum Gasteiger partial charge on any atom is -0.478 e. The van der Waals surface area contributed by atoms with E-state index in [9.17, 15) is 4.79 Å². The minimum atomic E-state index is -0.907. The quantitative estimate of drug-likeness (QED) is 0.926. The molecule has 20 heavy (non-hydrogen) atoms. The molecule has 1 saturated heterocycles. The first kappa shape index (κ1) is 13.1. The Morgan fingerprint density at radius 2 is 2.00 bits per heavy atom. The Morgan fingerprint density at radius 1 is 1.20 bits per heavy atom. The van der Waals surface area contributed by atoms with Gasteiger partial charge in [-0.05, 0) is 38.1 Å². The summed E-state index contributed by atoms with van der Waals surface area (Å²) in [5.74, 6) is -0.907. The standard InChI is InChI=1S/C15H19N3O2/c19-15(20)12-4-5-14-16-13(11-18(14)10-12)6-9-17-7-2-1-3-8-17/h4-5,10-11H,1-3,6-9H2,(H,19,20). The molecule has 5 nitrogen and oxygen atoms in total. The van der Waals surface area contributed by atoms with Gasteiger partial charge in [-0.2, -0.15) is 0 Å². The number of aromatic nitrogens is 2. The molecule has 0 aliphatic carbocycles. The number of rotatable bonds is 4. The molecule has 3 rings (SSSR count). The van der Waals surface area contributed by atoms with E-state index in [-0.39, 0.29) is 5.56 Å². The lowest BCUT2D eigenvalue weighted by molar-refractivity contribution is 0.0696. The lowest BCUT2D eigenvalue weighted by Crippen LogP contribution is -2.31. The number of aromatic carboxylic acids is 1. The van der Waals surface area contributed by atoms with E-state index in [1.54, 1.807) is 22.7 Å². The molecule has 2 aromatic heterocycles. The van der Waals surface area contributed by atoms with Crippen LogP contribution in [0, 0.1) is 0 Å². The van der Waals surface area contributed by atoms with Gasteiger partial charge in [0.15, 0.2) is 0 Å². The van der Waals surface area contributed by atoms with Gasteiger partial charge in [0.25, 0.3) is 0 Å². The van der Waals surface area contributed by atoms with E-state index < -0.39 is 5.97 Å². The summed E-state index contributed by atoms with van der Waals surface area (Å²) in [5, 5.41) is 8.98. The van der Waals surface area contributed by atoms with Crippen molar-refractivity contribution in [1.82, 2.24) is 14.3 Å². The van der Waals surface area contributed by atoms with E-state index in [0.717, 1.165) is 24.3 Å². The molecule has 106 valence electrons. The number of hydrogen-bond donors (Lipinski definition) is 1. The number of carbonyl (C=O) groups is 1. The van der Waals surface area contributed by atoms with Crippen LogP contribution >= 0.6 is 0 Å². The number of carboxylic acid groups (broad SMARTS) is 1. The molecule has 1 aliphatic heterocycles. The number of imidazole rings is 1. The maximum atomic E-state index is 10.9. The van der Waals surface area contributed by atoms with Crippen LogP contribution in [0.25, 0.3) is 5.65 Å². The molecule has 0 amide bonds. The van der Waals surface area contributed by atoms with Crippen molar-refractivity contribution in [2.24, 2.45) is 0 Å². The molecule has 0 spiro atoms. The predicted octanol–water partition coefficient (Wildman–Crippen LogP) is 2.06. The van der Waals surface area contributed by atoms with Gasteiger partial charge in [-0.1, -0.05) is 6.42 Å². The molecule has 0 radical (unpaired) electrons. The number of nitrogens with zero attached hydrogens (tertiary/aromatic N) is 3. The molecule has 0 atom stereocenters. The first-order valence-corrected chi connectivity index (χ1v) is 7.16. The summed E-state index contributed by atoms with van der Waals surface area (Å²) in [6.07, 6.45) is 8.42. The van der Waals surface area contributed by atoms with E-state index in [0.29, 0.717) is 0 Å². The summed E-state index contributed by atoms with van der Waals surface area (Å²) < 4.78 is 1.80. The third kappa shape index (κ3) is 2.82. The molecule has 1 fully saturated rings. The Bertz CT molecular complexity index is 615. The smallest absolute Gasteiger partial charge is 0.337 e. The topological polar surface area (TPSA) is 57.8 Å². The molecule has 2 aromatic rings. The fourth-order valence-corrected chi connectivity index (χ4v) is 2.75. The summed E-state index contributed by atoms with van der Waals surface area (Å²) in [5.41, 5.74) is 2.12. The molecule has 1 aliphatic rings. The van der Waals surface area contributed by atoms with E-state index >= 15 is 0 Å². The largest absolute Gasteiger partial charge is 0.478 e. The highest BCUT2D eigenvalue weighted by Gasteiger charge is 2.11. The molecule has 0 bridgehead atoms. The van der Waals surface area contributed by atoms with Gasteiger partial charge in [0.1, 0.15) is 5.65 Å².